The van der Waals surface area contributed by atoms with E-state index in [-0.39, 0.29) is 10.9 Å². The third kappa shape index (κ3) is 3.13. The highest BCUT2D eigenvalue weighted by molar-refractivity contribution is 7.89. The van der Waals surface area contributed by atoms with Crippen molar-refractivity contribution in [2.24, 2.45) is 0 Å². The van der Waals surface area contributed by atoms with Gasteiger partial charge in [-0.2, -0.15) is 4.31 Å². The van der Waals surface area contributed by atoms with Crippen LogP contribution in [0.15, 0.2) is 29.2 Å². The zero-order valence-corrected chi connectivity index (χ0v) is 12.8. The van der Waals surface area contributed by atoms with Crippen LogP contribution in [0.2, 0.25) is 0 Å². The molecule has 0 aliphatic carbocycles. The van der Waals surface area contributed by atoms with Gasteiger partial charge in [-0.15, -0.1) is 0 Å². The van der Waals surface area contributed by atoms with Gasteiger partial charge >= 0.3 is 0 Å². The fourth-order valence-electron chi connectivity index (χ4n) is 2.53. The molecule has 2 rings (SSSR count). The lowest BCUT2D eigenvalue weighted by atomic mass is 10.2. The van der Waals surface area contributed by atoms with Crippen molar-refractivity contribution in [3.05, 3.63) is 24.3 Å². The molecule has 0 radical (unpaired) electrons. The fraction of sp³-hybridized carbons (Fsp3) is 0.571. The molecule has 1 atom stereocenters. The smallest absolute Gasteiger partial charge is 0.246 e. The number of nitrogens with zero attached hydrogens (tertiary/aromatic N) is 1. The summed E-state index contributed by atoms with van der Waals surface area (Å²) in [6, 6.07) is 7.01. The molecule has 1 aromatic carbocycles. The van der Waals surface area contributed by atoms with Crippen molar-refractivity contribution in [1.82, 2.24) is 9.62 Å². The van der Waals surface area contributed by atoms with E-state index in [0.717, 1.165) is 19.4 Å². The van der Waals surface area contributed by atoms with Crippen LogP contribution in [-0.4, -0.2) is 45.5 Å². The Bertz CT molecular complexity index is 539. The minimum Gasteiger partial charge on any atom is -0.495 e. The van der Waals surface area contributed by atoms with Crippen molar-refractivity contribution >= 4 is 10.0 Å². The van der Waals surface area contributed by atoms with E-state index in [1.54, 1.807) is 24.3 Å². The predicted octanol–water partition coefficient (Wildman–Crippen LogP) is 1.46. The summed E-state index contributed by atoms with van der Waals surface area (Å²) in [6.07, 6.45) is 2.13. The van der Waals surface area contributed by atoms with Gasteiger partial charge in [-0.3, -0.25) is 0 Å². The van der Waals surface area contributed by atoms with E-state index in [1.165, 1.54) is 11.4 Å². The number of nitrogens with one attached hydrogen (secondary N) is 1. The Kier molecular flexibility index (Phi) is 5.01. The molecule has 1 heterocycles. The standard InChI is InChI=1S/C14H22N2O3S/c1-3-16(11-12-7-6-10-15-12)20(17,18)14-9-5-4-8-13(14)19-2/h4-5,8-9,12,15H,3,6-7,10-11H2,1-2H3. The Labute approximate surface area is 121 Å². The molecule has 1 unspecified atom stereocenters. The first-order chi connectivity index (χ1) is 9.59. The van der Waals surface area contributed by atoms with Gasteiger partial charge < -0.3 is 10.1 Å². The van der Waals surface area contributed by atoms with Gasteiger partial charge in [0.2, 0.25) is 10.0 Å². The van der Waals surface area contributed by atoms with Crippen molar-refractivity contribution in [3.63, 3.8) is 0 Å². The van der Waals surface area contributed by atoms with Gasteiger partial charge in [0.25, 0.3) is 0 Å². The van der Waals surface area contributed by atoms with Crippen molar-refractivity contribution in [2.45, 2.75) is 30.7 Å². The van der Waals surface area contributed by atoms with Crippen LogP contribution in [0, 0.1) is 0 Å². The first kappa shape index (κ1) is 15.3. The van der Waals surface area contributed by atoms with Gasteiger partial charge in [-0.25, -0.2) is 8.42 Å². The molecule has 1 aliphatic rings. The maximum absolute atomic E-state index is 12.7. The molecule has 112 valence electrons. The monoisotopic (exact) mass is 298 g/mol. The summed E-state index contributed by atoms with van der Waals surface area (Å²) >= 11 is 0. The fourth-order valence-corrected chi connectivity index (χ4v) is 4.18. The van der Waals surface area contributed by atoms with Crippen molar-refractivity contribution in [1.29, 1.82) is 0 Å². The highest BCUT2D eigenvalue weighted by Crippen LogP contribution is 2.26. The second-order valence-electron chi connectivity index (χ2n) is 4.90. The summed E-state index contributed by atoms with van der Waals surface area (Å²) in [5.74, 6) is 0.394. The van der Waals surface area contributed by atoms with Gasteiger partial charge in [-0.05, 0) is 31.5 Å². The Morgan fingerprint density at radius 3 is 2.75 bits per heavy atom. The molecular weight excluding hydrogens is 276 g/mol. The van der Waals surface area contributed by atoms with Gasteiger partial charge in [0, 0.05) is 19.1 Å². The van der Waals surface area contributed by atoms with Crippen LogP contribution < -0.4 is 10.1 Å². The highest BCUT2D eigenvalue weighted by atomic mass is 32.2. The van der Waals surface area contributed by atoms with Gasteiger partial charge in [0.05, 0.1) is 7.11 Å². The van der Waals surface area contributed by atoms with Crippen LogP contribution in [0.25, 0.3) is 0 Å². The molecule has 20 heavy (non-hydrogen) atoms. The Morgan fingerprint density at radius 1 is 1.40 bits per heavy atom. The second kappa shape index (κ2) is 6.56. The molecule has 0 saturated carbocycles. The third-order valence-electron chi connectivity index (χ3n) is 3.63. The summed E-state index contributed by atoms with van der Waals surface area (Å²) < 4.78 is 32.2. The molecule has 0 amide bonds. The average molecular weight is 298 g/mol. The number of para-hydroxylation sites is 1. The normalized spacial score (nSPS) is 19.4. The first-order valence-electron chi connectivity index (χ1n) is 6.96. The molecule has 1 fully saturated rings. The number of likely N-dealkylation sites (N-methyl/N-ethyl adjacent to an activating group) is 1. The molecule has 1 aliphatic heterocycles. The van der Waals surface area contributed by atoms with Crippen molar-refractivity contribution in [2.75, 3.05) is 26.7 Å². The summed E-state index contributed by atoms with van der Waals surface area (Å²) in [4.78, 5) is 0.238. The second-order valence-corrected chi connectivity index (χ2v) is 6.81. The summed E-state index contributed by atoms with van der Waals surface area (Å²) in [6.45, 7) is 3.80. The Hall–Kier alpha value is -1.11. The molecule has 1 N–H and O–H groups in total. The van der Waals surface area contributed by atoms with E-state index < -0.39 is 10.0 Å². The third-order valence-corrected chi connectivity index (χ3v) is 5.61. The number of methoxy groups -OCH3 is 1. The summed E-state index contributed by atoms with van der Waals surface area (Å²) in [7, 11) is -2.02. The van der Waals surface area contributed by atoms with E-state index in [2.05, 4.69) is 5.32 Å². The van der Waals surface area contributed by atoms with Crippen molar-refractivity contribution < 1.29 is 13.2 Å². The molecule has 0 spiro atoms. The number of rotatable bonds is 6. The van der Waals surface area contributed by atoms with E-state index in [1.807, 2.05) is 6.92 Å². The predicted molar refractivity (Wildman–Crippen MR) is 78.5 cm³/mol. The van der Waals surface area contributed by atoms with Crippen LogP contribution in [0.3, 0.4) is 0 Å². The van der Waals surface area contributed by atoms with Crippen LogP contribution in [-0.2, 0) is 10.0 Å². The maximum atomic E-state index is 12.7. The van der Waals surface area contributed by atoms with E-state index in [9.17, 15) is 8.42 Å². The van der Waals surface area contributed by atoms with E-state index >= 15 is 0 Å². The van der Waals surface area contributed by atoms with E-state index in [4.69, 9.17) is 4.74 Å². The number of hydrogen-bond donors (Lipinski definition) is 1. The molecule has 6 heteroatoms. The Morgan fingerprint density at radius 2 is 2.15 bits per heavy atom. The van der Waals surface area contributed by atoms with Crippen LogP contribution >= 0.6 is 0 Å². The lowest BCUT2D eigenvalue weighted by molar-refractivity contribution is 0.373. The Balaban J connectivity index is 2.26. The number of hydrogen-bond acceptors (Lipinski definition) is 4. The van der Waals surface area contributed by atoms with Crippen LogP contribution in [0.1, 0.15) is 19.8 Å². The molecule has 1 saturated heterocycles. The first-order valence-corrected chi connectivity index (χ1v) is 8.40. The lowest BCUT2D eigenvalue weighted by Crippen LogP contribution is -2.41. The average Bonchev–Trinajstić information content (AvgIpc) is 2.97. The molecule has 0 bridgehead atoms. The van der Waals surface area contributed by atoms with E-state index in [0.29, 0.717) is 18.8 Å². The lowest BCUT2D eigenvalue weighted by Gasteiger charge is -2.24. The largest absolute Gasteiger partial charge is 0.495 e. The van der Waals surface area contributed by atoms with Gasteiger partial charge in [0.1, 0.15) is 10.6 Å². The topological polar surface area (TPSA) is 58.6 Å². The number of ether oxygens (including phenoxy) is 1. The van der Waals surface area contributed by atoms with Gasteiger partial charge in [0.15, 0.2) is 0 Å². The highest BCUT2D eigenvalue weighted by Gasteiger charge is 2.29. The van der Waals surface area contributed by atoms with Crippen LogP contribution in [0.5, 0.6) is 5.75 Å². The minimum absolute atomic E-state index is 0.238. The molecule has 0 aromatic heterocycles. The molecular formula is C14H22N2O3S. The van der Waals surface area contributed by atoms with Crippen molar-refractivity contribution in [3.8, 4) is 5.75 Å². The number of benzene rings is 1. The molecule has 1 aromatic rings. The van der Waals surface area contributed by atoms with Crippen LogP contribution in [0.4, 0.5) is 0 Å². The zero-order valence-electron chi connectivity index (χ0n) is 12.0. The van der Waals surface area contributed by atoms with Gasteiger partial charge in [-0.1, -0.05) is 19.1 Å². The SMILES string of the molecule is CCN(CC1CCCN1)S(=O)(=O)c1ccccc1OC. The molecule has 5 nitrogen and oxygen atoms in total. The minimum atomic E-state index is -3.51. The summed E-state index contributed by atoms with van der Waals surface area (Å²) in [5, 5.41) is 3.34. The number of sulfonamides is 1. The quantitative estimate of drug-likeness (QED) is 0.864. The zero-order chi connectivity index (χ0) is 14.6. The summed E-state index contributed by atoms with van der Waals surface area (Å²) in [5.41, 5.74) is 0. The maximum Gasteiger partial charge on any atom is 0.246 e.